The zero-order valence-electron chi connectivity index (χ0n) is 10.9. The SMILES string of the molecule is COc1ccc(NC(CO)c2ccc(Cl)c(Cl)c2)cc1. The van der Waals surface area contributed by atoms with Gasteiger partial charge in [-0.3, -0.25) is 0 Å². The number of nitrogens with one attached hydrogen (secondary N) is 1. The number of aliphatic hydroxyl groups is 1. The summed E-state index contributed by atoms with van der Waals surface area (Å²) in [6, 6.07) is 12.5. The topological polar surface area (TPSA) is 41.5 Å². The van der Waals surface area contributed by atoms with Crippen LogP contribution >= 0.6 is 23.2 Å². The molecule has 0 heterocycles. The molecular formula is C15H15Cl2NO2. The van der Waals surface area contributed by atoms with Crippen LogP contribution in [0.2, 0.25) is 10.0 Å². The zero-order valence-corrected chi connectivity index (χ0v) is 12.4. The van der Waals surface area contributed by atoms with Crippen LogP contribution in [-0.4, -0.2) is 18.8 Å². The number of rotatable bonds is 5. The highest BCUT2D eigenvalue weighted by molar-refractivity contribution is 6.42. The first-order valence-electron chi connectivity index (χ1n) is 6.10. The van der Waals surface area contributed by atoms with Gasteiger partial charge >= 0.3 is 0 Å². The van der Waals surface area contributed by atoms with Crippen molar-refractivity contribution in [3.8, 4) is 5.75 Å². The standard InChI is InChI=1S/C15H15Cl2NO2/c1-20-12-5-3-11(4-6-12)18-15(9-19)10-2-7-13(16)14(17)8-10/h2-8,15,18-19H,9H2,1H3. The minimum atomic E-state index is -0.252. The molecule has 0 saturated heterocycles. The second-order valence-corrected chi connectivity index (χ2v) is 5.10. The highest BCUT2D eigenvalue weighted by atomic mass is 35.5. The lowest BCUT2D eigenvalue weighted by molar-refractivity contribution is 0.276. The van der Waals surface area contributed by atoms with E-state index in [9.17, 15) is 5.11 Å². The Balaban J connectivity index is 2.16. The van der Waals surface area contributed by atoms with Crippen molar-refractivity contribution >= 4 is 28.9 Å². The van der Waals surface area contributed by atoms with Gasteiger partial charge in [0.05, 0.1) is 29.8 Å². The van der Waals surface area contributed by atoms with Crippen molar-refractivity contribution in [1.82, 2.24) is 0 Å². The highest BCUT2D eigenvalue weighted by Crippen LogP contribution is 2.27. The van der Waals surface area contributed by atoms with Gasteiger partial charge in [0.15, 0.2) is 0 Å². The van der Waals surface area contributed by atoms with Crippen molar-refractivity contribution in [3.05, 3.63) is 58.1 Å². The molecule has 0 saturated carbocycles. The van der Waals surface area contributed by atoms with E-state index in [-0.39, 0.29) is 12.6 Å². The Labute approximate surface area is 128 Å². The minimum absolute atomic E-state index is 0.0516. The Morgan fingerprint density at radius 2 is 1.80 bits per heavy atom. The first-order valence-corrected chi connectivity index (χ1v) is 6.86. The normalized spacial score (nSPS) is 12.0. The van der Waals surface area contributed by atoms with Crippen molar-refractivity contribution in [1.29, 1.82) is 0 Å². The summed E-state index contributed by atoms with van der Waals surface area (Å²) in [7, 11) is 1.62. The average molecular weight is 312 g/mol. The molecule has 0 aliphatic rings. The number of ether oxygens (including phenoxy) is 1. The van der Waals surface area contributed by atoms with Gasteiger partial charge in [-0.1, -0.05) is 29.3 Å². The molecule has 3 nitrogen and oxygen atoms in total. The summed E-state index contributed by atoms with van der Waals surface area (Å²) in [5.41, 5.74) is 1.76. The van der Waals surface area contributed by atoms with E-state index in [0.29, 0.717) is 10.0 Å². The molecule has 106 valence electrons. The van der Waals surface area contributed by atoms with Crippen molar-refractivity contribution < 1.29 is 9.84 Å². The maximum atomic E-state index is 9.54. The van der Waals surface area contributed by atoms with Crippen molar-refractivity contribution in [3.63, 3.8) is 0 Å². The monoisotopic (exact) mass is 311 g/mol. The van der Waals surface area contributed by atoms with E-state index in [0.717, 1.165) is 17.0 Å². The lowest BCUT2D eigenvalue weighted by atomic mass is 10.1. The van der Waals surface area contributed by atoms with Gasteiger partial charge < -0.3 is 15.2 Å². The van der Waals surface area contributed by atoms with E-state index in [4.69, 9.17) is 27.9 Å². The molecule has 0 aliphatic heterocycles. The number of benzene rings is 2. The molecule has 2 rings (SSSR count). The molecule has 5 heteroatoms. The summed E-state index contributed by atoms with van der Waals surface area (Å²) >= 11 is 11.9. The fraction of sp³-hybridized carbons (Fsp3) is 0.200. The van der Waals surface area contributed by atoms with Crippen LogP contribution in [0.1, 0.15) is 11.6 Å². The molecule has 2 aromatic rings. The highest BCUT2D eigenvalue weighted by Gasteiger charge is 2.12. The van der Waals surface area contributed by atoms with Crippen molar-refractivity contribution in [2.24, 2.45) is 0 Å². The largest absolute Gasteiger partial charge is 0.497 e. The number of anilines is 1. The molecule has 0 aliphatic carbocycles. The molecule has 1 atom stereocenters. The summed E-state index contributed by atoms with van der Waals surface area (Å²) in [5, 5.41) is 13.7. The third-order valence-corrected chi connectivity index (χ3v) is 3.70. The van der Waals surface area contributed by atoms with Gasteiger partial charge in [-0.2, -0.15) is 0 Å². The summed E-state index contributed by atoms with van der Waals surface area (Å²) in [4.78, 5) is 0. The van der Waals surface area contributed by atoms with Crippen LogP contribution in [0.15, 0.2) is 42.5 Å². The quantitative estimate of drug-likeness (QED) is 0.871. The number of hydrogen-bond acceptors (Lipinski definition) is 3. The Morgan fingerprint density at radius 3 is 2.35 bits per heavy atom. The molecule has 1 unspecified atom stereocenters. The van der Waals surface area contributed by atoms with Gasteiger partial charge in [0.25, 0.3) is 0 Å². The number of aliphatic hydroxyl groups excluding tert-OH is 1. The summed E-state index contributed by atoms with van der Waals surface area (Å²) in [6.07, 6.45) is 0. The van der Waals surface area contributed by atoms with Crippen molar-refractivity contribution in [2.45, 2.75) is 6.04 Å². The predicted octanol–water partition coefficient (Wildman–Crippen LogP) is 4.15. The van der Waals surface area contributed by atoms with Gasteiger partial charge in [-0.25, -0.2) is 0 Å². The van der Waals surface area contributed by atoms with Crippen LogP contribution in [0.5, 0.6) is 5.75 Å². The van der Waals surface area contributed by atoms with Crippen LogP contribution in [0.25, 0.3) is 0 Å². The van der Waals surface area contributed by atoms with Gasteiger partial charge in [0, 0.05) is 5.69 Å². The maximum absolute atomic E-state index is 9.54. The van der Waals surface area contributed by atoms with E-state index < -0.39 is 0 Å². The Bertz CT molecular complexity index is 573. The molecule has 0 fully saturated rings. The first kappa shape index (κ1) is 15.0. The van der Waals surface area contributed by atoms with E-state index in [1.165, 1.54) is 0 Å². The molecule has 0 radical (unpaired) electrons. The van der Waals surface area contributed by atoms with E-state index in [1.54, 1.807) is 19.2 Å². The van der Waals surface area contributed by atoms with Crippen LogP contribution < -0.4 is 10.1 Å². The van der Waals surface area contributed by atoms with E-state index in [2.05, 4.69) is 5.32 Å². The third kappa shape index (κ3) is 3.57. The fourth-order valence-corrected chi connectivity index (χ4v) is 2.16. The summed E-state index contributed by atoms with van der Waals surface area (Å²) < 4.78 is 5.10. The molecular weight excluding hydrogens is 297 g/mol. The summed E-state index contributed by atoms with van der Waals surface area (Å²) in [5.74, 6) is 0.783. The van der Waals surface area contributed by atoms with Gasteiger partial charge in [0.1, 0.15) is 5.75 Å². The number of methoxy groups -OCH3 is 1. The smallest absolute Gasteiger partial charge is 0.119 e. The molecule has 0 aromatic heterocycles. The summed E-state index contributed by atoms with van der Waals surface area (Å²) in [6.45, 7) is -0.0516. The molecule has 0 amide bonds. The Hall–Kier alpha value is -1.42. The molecule has 0 bridgehead atoms. The maximum Gasteiger partial charge on any atom is 0.119 e. The second kappa shape index (κ2) is 6.84. The third-order valence-electron chi connectivity index (χ3n) is 2.96. The van der Waals surface area contributed by atoms with Gasteiger partial charge in [-0.05, 0) is 42.0 Å². The van der Waals surface area contributed by atoms with Crippen LogP contribution in [0.4, 0.5) is 5.69 Å². The molecule has 0 spiro atoms. The molecule has 2 aromatic carbocycles. The van der Waals surface area contributed by atoms with Gasteiger partial charge in [-0.15, -0.1) is 0 Å². The van der Waals surface area contributed by atoms with E-state index >= 15 is 0 Å². The lowest BCUT2D eigenvalue weighted by Crippen LogP contribution is -2.14. The fourth-order valence-electron chi connectivity index (χ4n) is 1.85. The zero-order chi connectivity index (χ0) is 14.5. The van der Waals surface area contributed by atoms with Gasteiger partial charge in [0.2, 0.25) is 0 Å². The predicted molar refractivity (Wildman–Crippen MR) is 82.9 cm³/mol. The molecule has 2 N–H and O–H groups in total. The first-order chi connectivity index (χ1) is 9.63. The van der Waals surface area contributed by atoms with Crippen molar-refractivity contribution in [2.75, 3.05) is 19.0 Å². The Morgan fingerprint density at radius 1 is 1.10 bits per heavy atom. The average Bonchev–Trinajstić information content (AvgIpc) is 2.48. The minimum Gasteiger partial charge on any atom is -0.497 e. The van der Waals surface area contributed by atoms with Crippen LogP contribution in [0, 0.1) is 0 Å². The van der Waals surface area contributed by atoms with Crippen LogP contribution in [-0.2, 0) is 0 Å². The molecule has 20 heavy (non-hydrogen) atoms. The van der Waals surface area contributed by atoms with Crippen LogP contribution in [0.3, 0.4) is 0 Å². The lowest BCUT2D eigenvalue weighted by Gasteiger charge is -2.18. The van der Waals surface area contributed by atoms with E-state index in [1.807, 2.05) is 30.3 Å². The second-order valence-electron chi connectivity index (χ2n) is 4.28. The number of hydrogen-bond donors (Lipinski definition) is 2. The Kier molecular flexibility index (Phi) is 5.12. The number of halogens is 2.